The Morgan fingerprint density at radius 1 is 1.20 bits per heavy atom. The maximum atomic E-state index is 6.06. The SMILES string of the molecule is CCc1cnc(C(C)NC(C)c2ccc(Cl)c(Cl)c2)s1. The Kier molecular flexibility index (Phi) is 5.44. The van der Waals surface area contributed by atoms with Gasteiger partial charge in [0.25, 0.3) is 0 Å². The summed E-state index contributed by atoms with van der Waals surface area (Å²) in [6, 6.07) is 6.14. The van der Waals surface area contributed by atoms with Gasteiger partial charge in [-0.1, -0.05) is 36.2 Å². The average molecular weight is 329 g/mol. The highest BCUT2D eigenvalue weighted by Crippen LogP contribution is 2.27. The largest absolute Gasteiger partial charge is 0.302 e. The number of thiazole rings is 1. The lowest BCUT2D eigenvalue weighted by molar-refractivity contribution is 0.493. The van der Waals surface area contributed by atoms with Gasteiger partial charge in [-0.2, -0.15) is 0 Å². The summed E-state index contributed by atoms with van der Waals surface area (Å²) in [5.74, 6) is 0. The second-order valence-corrected chi connectivity index (χ2v) is 6.76. The van der Waals surface area contributed by atoms with Crippen LogP contribution < -0.4 is 5.32 Å². The van der Waals surface area contributed by atoms with Crippen molar-refractivity contribution >= 4 is 34.5 Å². The Morgan fingerprint density at radius 3 is 2.55 bits per heavy atom. The lowest BCUT2D eigenvalue weighted by Crippen LogP contribution is -2.22. The average Bonchev–Trinajstić information content (AvgIpc) is 2.90. The first-order chi connectivity index (χ1) is 9.51. The summed E-state index contributed by atoms with van der Waals surface area (Å²) >= 11 is 13.8. The zero-order chi connectivity index (χ0) is 14.7. The smallest absolute Gasteiger partial charge is 0.109 e. The van der Waals surface area contributed by atoms with E-state index in [2.05, 4.69) is 31.1 Å². The third kappa shape index (κ3) is 3.73. The summed E-state index contributed by atoms with van der Waals surface area (Å²) in [6.45, 7) is 6.39. The molecule has 1 heterocycles. The van der Waals surface area contributed by atoms with E-state index in [1.807, 2.05) is 24.4 Å². The molecule has 2 rings (SSSR count). The lowest BCUT2D eigenvalue weighted by Gasteiger charge is -2.19. The van der Waals surface area contributed by atoms with Crippen molar-refractivity contribution in [1.82, 2.24) is 10.3 Å². The number of nitrogens with zero attached hydrogens (tertiary/aromatic N) is 1. The van der Waals surface area contributed by atoms with E-state index in [9.17, 15) is 0 Å². The van der Waals surface area contributed by atoms with Crippen molar-refractivity contribution in [2.75, 3.05) is 0 Å². The van der Waals surface area contributed by atoms with Crippen molar-refractivity contribution in [3.63, 3.8) is 0 Å². The van der Waals surface area contributed by atoms with E-state index in [0.29, 0.717) is 10.0 Å². The third-order valence-corrected chi connectivity index (χ3v) is 5.30. The molecule has 0 fully saturated rings. The molecule has 2 aromatic rings. The van der Waals surface area contributed by atoms with Gasteiger partial charge in [-0.05, 0) is 38.0 Å². The monoisotopic (exact) mass is 328 g/mol. The molecule has 1 aromatic carbocycles. The van der Waals surface area contributed by atoms with Crippen molar-refractivity contribution in [3.8, 4) is 0 Å². The molecule has 0 bridgehead atoms. The van der Waals surface area contributed by atoms with Crippen molar-refractivity contribution in [2.45, 2.75) is 39.3 Å². The first-order valence-electron chi connectivity index (χ1n) is 6.66. The van der Waals surface area contributed by atoms with Crippen LogP contribution in [0.5, 0.6) is 0 Å². The number of hydrogen-bond donors (Lipinski definition) is 1. The van der Waals surface area contributed by atoms with E-state index < -0.39 is 0 Å². The molecule has 0 spiro atoms. The number of hydrogen-bond acceptors (Lipinski definition) is 3. The van der Waals surface area contributed by atoms with Gasteiger partial charge in [-0.15, -0.1) is 11.3 Å². The summed E-state index contributed by atoms with van der Waals surface area (Å²) in [5.41, 5.74) is 1.12. The summed E-state index contributed by atoms with van der Waals surface area (Å²) in [6.07, 6.45) is 2.99. The van der Waals surface area contributed by atoms with Gasteiger partial charge in [-0.25, -0.2) is 4.98 Å². The molecule has 0 aliphatic carbocycles. The third-order valence-electron chi connectivity index (χ3n) is 3.23. The number of halogens is 2. The quantitative estimate of drug-likeness (QED) is 0.792. The first kappa shape index (κ1) is 15.8. The minimum atomic E-state index is 0.189. The van der Waals surface area contributed by atoms with Crippen LogP contribution in [0.2, 0.25) is 10.0 Å². The fourth-order valence-electron chi connectivity index (χ4n) is 2.01. The summed E-state index contributed by atoms with van der Waals surface area (Å²) in [7, 11) is 0. The van der Waals surface area contributed by atoms with E-state index in [1.165, 1.54) is 4.88 Å². The lowest BCUT2D eigenvalue weighted by atomic mass is 10.1. The van der Waals surface area contributed by atoms with Crippen LogP contribution in [0.4, 0.5) is 0 Å². The molecule has 0 aliphatic heterocycles. The predicted molar refractivity (Wildman–Crippen MR) is 87.9 cm³/mol. The molecule has 2 atom stereocenters. The van der Waals surface area contributed by atoms with Crippen molar-refractivity contribution in [3.05, 3.63) is 49.9 Å². The number of rotatable bonds is 5. The molecule has 2 nitrogen and oxygen atoms in total. The molecule has 2 unspecified atom stereocenters. The zero-order valence-electron chi connectivity index (χ0n) is 11.8. The standard InChI is InChI=1S/C15H18Cl2N2S/c1-4-12-8-18-15(20-12)10(3)19-9(2)11-5-6-13(16)14(17)7-11/h5-10,19H,4H2,1-3H3. The zero-order valence-corrected chi connectivity index (χ0v) is 14.1. The van der Waals surface area contributed by atoms with Gasteiger partial charge in [0.1, 0.15) is 5.01 Å². The Hall–Kier alpha value is -0.610. The topological polar surface area (TPSA) is 24.9 Å². The van der Waals surface area contributed by atoms with Gasteiger partial charge in [-0.3, -0.25) is 0 Å². The normalized spacial score (nSPS) is 14.2. The van der Waals surface area contributed by atoms with Gasteiger partial charge in [0, 0.05) is 17.1 Å². The van der Waals surface area contributed by atoms with Crippen molar-refractivity contribution in [2.24, 2.45) is 0 Å². The van der Waals surface area contributed by atoms with E-state index in [0.717, 1.165) is 17.0 Å². The maximum absolute atomic E-state index is 6.06. The number of aryl methyl sites for hydroxylation is 1. The maximum Gasteiger partial charge on any atom is 0.109 e. The molecule has 0 radical (unpaired) electrons. The van der Waals surface area contributed by atoms with Gasteiger partial charge in [0.05, 0.1) is 16.1 Å². The summed E-state index contributed by atoms with van der Waals surface area (Å²) in [4.78, 5) is 5.79. The van der Waals surface area contributed by atoms with Crippen molar-refractivity contribution < 1.29 is 0 Å². The summed E-state index contributed by atoms with van der Waals surface area (Å²) < 4.78 is 0. The minimum Gasteiger partial charge on any atom is -0.302 e. The molecule has 0 saturated heterocycles. The van der Waals surface area contributed by atoms with Crippen LogP contribution in [0.25, 0.3) is 0 Å². The van der Waals surface area contributed by atoms with Crippen LogP contribution in [-0.2, 0) is 6.42 Å². The Labute approximate surface area is 134 Å². The Morgan fingerprint density at radius 2 is 1.95 bits per heavy atom. The second kappa shape index (κ2) is 6.90. The molecule has 1 aromatic heterocycles. The molecular formula is C15H18Cl2N2S. The highest BCUT2D eigenvalue weighted by molar-refractivity contribution is 7.11. The number of benzene rings is 1. The Balaban J connectivity index is 2.06. The van der Waals surface area contributed by atoms with Gasteiger partial charge < -0.3 is 5.32 Å². The van der Waals surface area contributed by atoms with Crippen LogP contribution in [0.15, 0.2) is 24.4 Å². The van der Waals surface area contributed by atoms with E-state index >= 15 is 0 Å². The van der Waals surface area contributed by atoms with Crippen molar-refractivity contribution in [1.29, 1.82) is 0 Å². The van der Waals surface area contributed by atoms with Gasteiger partial charge >= 0.3 is 0 Å². The minimum absolute atomic E-state index is 0.189. The van der Waals surface area contributed by atoms with E-state index in [4.69, 9.17) is 23.2 Å². The van der Waals surface area contributed by atoms with Gasteiger partial charge in [0.15, 0.2) is 0 Å². The number of aromatic nitrogens is 1. The molecule has 5 heteroatoms. The molecule has 0 saturated carbocycles. The molecular weight excluding hydrogens is 311 g/mol. The molecule has 0 amide bonds. The molecule has 1 N–H and O–H groups in total. The van der Waals surface area contributed by atoms with E-state index in [1.54, 1.807) is 11.3 Å². The van der Waals surface area contributed by atoms with Gasteiger partial charge in [0.2, 0.25) is 0 Å². The van der Waals surface area contributed by atoms with Crippen LogP contribution in [0.1, 0.15) is 48.3 Å². The van der Waals surface area contributed by atoms with Crippen LogP contribution in [-0.4, -0.2) is 4.98 Å². The molecule has 0 aliphatic rings. The first-order valence-corrected chi connectivity index (χ1v) is 8.24. The fraction of sp³-hybridized carbons (Fsp3) is 0.400. The fourth-order valence-corrected chi connectivity index (χ4v) is 3.19. The molecule has 108 valence electrons. The highest BCUT2D eigenvalue weighted by Gasteiger charge is 2.14. The van der Waals surface area contributed by atoms with Crippen LogP contribution in [0, 0.1) is 0 Å². The Bertz CT molecular complexity index is 583. The molecule has 20 heavy (non-hydrogen) atoms. The number of nitrogens with one attached hydrogen (secondary N) is 1. The van der Waals surface area contributed by atoms with Crippen LogP contribution in [0.3, 0.4) is 0 Å². The van der Waals surface area contributed by atoms with Crippen LogP contribution >= 0.6 is 34.5 Å². The highest BCUT2D eigenvalue weighted by atomic mass is 35.5. The second-order valence-electron chi connectivity index (χ2n) is 4.80. The van der Waals surface area contributed by atoms with E-state index in [-0.39, 0.29) is 12.1 Å². The predicted octanol–water partition coefficient (Wildman–Crippen LogP) is 5.42. The summed E-state index contributed by atoms with van der Waals surface area (Å²) in [5, 5.41) is 5.84.